The molecule has 3 rings (SSSR count). The predicted octanol–water partition coefficient (Wildman–Crippen LogP) is 4.70. The molecule has 3 aromatic carbocycles. The van der Waals surface area contributed by atoms with Gasteiger partial charge in [-0.05, 0) is 36.4 Å². The van der Waals surface area contributed by atoms with Crippen molar-refractivity contribution in [2.24, 2.45) is 0 Å². The van der Waals surface area contributed by atoms with Crippen LogP contribution in [0.4, 0.5) is 17.1 Å². The number of carbonyl (C=O) groups excluding carboxylic acids is 1. The van der Waals surface area contributed by atoms with Gasteiger partial charge < -0.3 is 20.1 Å². The summed E-state index contributed by atoms with van der Waals surface area (Å²) in [5.41, 5.74) is 2.82. The summed E-state index contributed by atoms with van der Waals surface area (Å²) in [6.07, 6.45) is 0. The van der Waals surface area contributed by atoms with Crippen LogP contribution in [0.15, 0.2) is 72.8 Å². The lowest BCUT2D eigenvalue weighted by atomic mass is 10.1. The Morgan fingerprint density at radius 2 is 1.46 bits per heavy atom. The molecule has 0 aliphatic carbocycles. The van der Waals surface area contributed by atoms with E-state index < -0.39 is 0 Å². The lowest BCUT2D eigenvalue weighted by molar-refractivity contribution is 0.102. The molecule has 0 fully saturated rings. The van der Waals surface area contributed by atoms with Crippen molar-refractivity contribution in [3.8, 4) is 11.5 Å². The fraction of sp³-hybridized carbons (Fsp3) is 0.0952. The third-order valence-electron chi connectivity index (χ3n) is 3.87. The van der Waals surface area contributed by atoms with Crippen LogP contribution in [0.5, 0.6) is 11.5 Å². The molecule has 0 atom stereocenters. The van der Waals surface area contributed by atoms with Crippen molar-refractivity contribution in [2.75, 3.05) is 24.9 Å². The smallest absolute Gasteiger partial charge is 0.257 e. The van der Waals surface area contributed by atoms with E-state index in [2.05, 4.69) is 10.6 Å². The largest absolute Gasteiger partial charge is 0.493 e. The molecular weight excluding hydrogens is 328 g/mol. The van der Waals surface area contributed by atoms with Crippen molar-refractivity contribution in [2.45, 2.75) is 0 Å². The van der Waals surface area contributed by atoms with E-state index in [1.807, 2.05) is 48.5 Å². The Labute approximate surface area is 152 Å². The molecular formula is C21H20N2O3. The van der Waals surface area contributed by atoms with E-state index in [-0.39, 0.29) is 5.91 Å². The molecule has 0 bridgehead atoms. The topological polar surface area (TPSA) is 59.6 Å². The number of anilines is 3. The van der Waals surface area contributed by atoms with Gasteiger partial charge in [-0.2, -0.15) is 0 Å². The summed E-state index contributed by atoms with van der Waals surface area (Å²) >= 11 is 0. The lowest BCUT2D eigenvalue weighted by Gasteiger charge is -2.13. The first-order valence-electron chi connectivity index (χ1n) is 8.15. The second-order valence-electron chi connectivity index (χ2n) is 5.56. The van der Waals surface area contributed by atoms with Gasteiger partial charge >= 0.3 is 0 Å². The van der Waals surface area contributed by atoms with Crippen LogP contribution in [0.25, 0.3) is 0 Å². The van der Waals surface area contributed by atoms with Gasteiger partial charge in [-0.3, -0.25) is 4.79 Å². The molecule has 0 heterocycles. The molecule has 5 heteroatoms. The van der Waals surface area contributed by atoms with Gasteiger partial charge in [0.1, 0.15) is 0 Å². The van der Waals surface area contributed by atoms with Gasteiger partial charge in [0.15, 0.2) is 11.5 Å². The van der Waals surface area contributed by atoms with Crippen molar-refractivity contribution in [3.05, 3.63) is 78.4 Å². The SMILES string of the molecule is COc1ccc(NC(=O)c2ccccc2Nc2ccccc2)cc1OC. The van der Waals surface area contributed by atoms with E-state index in [1.54, 1.807) is 38.5 Å². The van der Waals surface area contributed by atoms with Crippen molar-refractivity contribution in [3.63, 3.8) is 0 Å². The van der Waals surface area contributed by atoms with Gasteiger partial charge in [0, 0.05) is 17.4 Å². The summed E-state index contributed by atoms with van der Waals surface area (Å²) in [5, 5.41) is 6.17. The standard InChI is InChI=1S/C21H20N2O3/c1-25-19-13-12-16(14-20(19)26-2)23-21(24)17-10-6-7-11-18(17)22-15-8-4-3-5-9-15/h3-14,22H,1-2H3,(H,23,24). The summed E-state index contributed by atoms with van der Waals surface area (Å²) in [6.45, 7) is 0. The third kappa shape index (κ3) is 3.95. The lowest BCUT2D eigenvalue weighted by Crippen LogP contribution is -2.14. The van der Waals surface area contributed by atoms with Gasteiger partial charge in [0.05, 0.1) is 25.5 Å². The normalized spacial score (nSPS) is 10.1. The molecule has 0 saturated carbocycles. The minimum absolute atomic E-state index is 0.212. The number of ether oxygens (including phenoxy) is 2. The Hall–Kier alpha value is -3.47. The van der Waals surface area contributed by atoms with Crippen molar-refractivity contribution in [1.29, 1.82) is 0 Å². The van der Waals surface area contributed by atoms with Gasteiger partial charge in [0.25, 0.3) is 5.91 Å². The second-order valence-corrected chi connectivity index (χ2v) is 5.56. The Kier molecular flexibility index (Phi) is 5.39. The highest BCUT2D eigenvalue weighted by Crippen LogP contribution is 2.30. The number of benzene rings is 3. The van der Waals surface area contributed by atoms with E-state index in [1.165, 1.54) is 0 Å². The minimum atomic E-state index is -0.212. The molecule has 0 aliphatic heterocycles. The molecule has 0 radical (unpaired) electrons. The minimum Gasteiger partial charge on any atom is -0.493 e. The predicted molar refractivity (Wildman–Crippen MR) is 104 cm³/mol. The van der Waals surface area contributed by atoms with Crippen LogP contribution in [-0.4, -0.2) is 20.1 Å². The number of rotatable bonds is 6. The van der Waals surface area contributed by atoms with Crippen LogP contribution in [0, 0.1) is 0 Å². The quantitative estimate of drug-likeness (QED) is 0.678. The van der Waals surface area contributed by atoms with Crippen LogP contribution in [-0.2, 0) is 0 Å². The molecule has 0 saturated heterocycles. The highest BCUT2D eigenvalue weighted by Gasteiger charge is 2.13. The van der Waals surface area contributed by atoms with E-state index in [4.69, 9.17) is 9.47 Å². The first-order chi connectivity index (χ1) is 12.7. The number of hydrogen-bond acceptors (Lipinski definition) is 4. The monoisotopic (exact) mass is 348 g/mol. The molecule has 1 amide bonds. The molecule has 3 aromatic rings. The number of amides is 1. The van der Waals surface area contributed by atoms with Gasteiger partial charge in [0.2, 0.25) is 0 Å². The first-order valence-corrected chi connectivity index (χ1v) is 8.15. The maximum atomic E-state index is 12.8. The molecule has 2 N–H and O–H groups in total. The van der Waals surface area contributed by atoms with Crippen molar-refractivity contribution >= 4 is 23.0 Å². The molecule has 0 aliphatic rings. The van der Waals surface area contributed by atoms with E-state index >= 15 is 0 Å². The molecule has 26 heavy (non-hydrogen) atoms. The number of para-hydroxylation sites is 2. The second kappa shape index (κ2) is 8.07. The zero-order valence-electron chi connectivity index (χ0n) is 14.7. The summed E-state index contributed by atoms with van der Waals surface area (Å²) in [6, 6.07) is 22.3. The van der Waals surface area contributed by atoms with Gasteiger partial charge in [-0.1, -0.05) is 30.3 Å². The third-order valence-corrected chi connectivity index (χ3v) is 3.87. The first kappa shape index (κ1) is 17.4. The molecule has 0 unspecified atom stereocenters. The molecule has 132 valence electrons. The molecule has 0 spiro atoms. The number of methoxy groups -OCH3 is 2. The van der Waals surface area contributed by atoms with Crippen LogP contribution in [0.1, 0.15) is 10.4 Å². The van der Waals surface area contributed by atoms with Crippen LogP contribution < -0.4 is 20.1 Å². The maximum Gasteiger partial charge on any atom is 0.257 e. The fourth-order valence-electron chi connectivity index (χ4n) is 2.58. The number of hydrogen-bond donors (Lipinski definition) is 2. The van der Waals surface area contributed by atoms with E-state index in [9.17, 15) is 4.79 Å². The number of nitrogens with one attached hydrogen (secondary N) is 2. The van der Waals surface area contributed by atoms with Gasteiger partial charge in [-0.15, -0.1) is 0 Å². The maximum absolute atomic E-state index is 12.8. The van der Waals surface area contributed by atoms with E-state index in [0.29, 0.717) is 22.7 Å². The van der Waals surface area contributed by atoms with Crippen LogP contribution >= 0.6 is 0 Å². The van der Waals surface area contributed by atoms with E-state index in [0.717, 1.165) is 11.4 Å². The molecule has 5 nitrogen and oxygen atoms in total. The Balaban J connectivity index is 1.82. The zero-order chi connectivity index (χ0) is 18.4. The highest BCUT2D eigenvalue weighted by atomic mass is 16.5. The summed E-state index contributed by atoms with van der Waals surface area (Å²) in [5.74, 6) is 0.953. The molecule has 0 aromatic heterocycles. The number of carbonyl (C=O) groups is 1. The summed E-state index contributed by atoms with van der Waals surface area (Å²) in [4.78, 5) is 12.8. The zero-order valence-corrected chi connectivity index (χ0v) is 14.7. The summed E-state index contributed by atoms with van der Waals surface area (Å²) in [7, 11) is 3.13. The Morgan fingerprint density at radius 1 is 0.769 bits per heavy atom. The Morgan fingerprint density at radius 3 is 2.19 bits per heavy atom. The highest BCUT2D eigenvalue weighted by molar-refractivity contribution is 6.08. The van der Waals surface area contributed by atoms with Gasteiger partial charge in [-0.25, -0.2) is 0 Å². The fourth-order valence-corrected chi connectivity index (χ4v) is 2.58. The average molecular weight is 348 g/mol. The van der Waals surface area contributed by atoms with Crippen molar-refractivity contribution < 1.29 is 14.3 Å². The Bertz CT molecular complexity index is 895. The van der Waals surface area contributed by atoms with Crippen LogP contribution in [0.3, 0.4) is 0 Å². The summed E-state index contributed by atoms with van der Waals surface area (Å²) < 4.78 is 10.5. The van der Waals surface area contributed by atoms with Crippen molar-refractivity contribution in [1.82, 2.24) is 0 Å². The average Bonchev–Trinajstić information content (AvgIpc) is 2.69. The van der Waals surface area contributed by atoms with Crippen LogP contribution in [0.2, 0.25) is 0 Å².